The Kier molecular flexibility index (Phi) is 7.99. The van der Waals surface area contributed by atoms with Gasteiger partial charge in [0.25, 0.3) is 11.7 Å². The van der Waals surface area contributed by atoms with Gasteiger partial charge in [0.1, 0.15) is 11.4 Å². The molecule has 0 atom stereocenters. The number of rotatable bonds is 9. The molecule has 36 heavy (non-hydrogen) atoms. The Balaban J connectivity index is 1.51. The van der Waals surface area contributed by atoms with Crippen molar-refractivity contribution in [3.63, 3.8) is 0 Å². The molecule has 9 nitrogen and oxygen atoms in total. The number of carboxylic acid groups (broad SMARTS) is 1. The molecule has 0 spiro atoms. The van der Waals surface area contributed by atoms with E-state index < -0.39 is 5.97 Å². The molecular weight excluding hydrogens is 502 g/mol. The van der Waals surface area contributed by atoms with Gasteiger partial charge in [-0.15, -0.1) is 5.10 Å². The van der Waals surface area contributed by atoms with Crippen LogP contribution in [0.25, 0.3) is 17.1 Å². The van der Waals surface area contributed by atoms with Gasteiger partial charge < -0.3 is 14.6 Å². The van der Waals surface area contributed by atoms with Gasteiger partial charge in [-0.05, 0) is 60.3 Å². The summed E-state index contributed by atoms with van der Waals surface area (Å²) in [5.74, 6) is -0.263. The second-order valence-electron chi connectivity index (χ2n) is 7.35. The molecule has 0 aliphatic carbocycles. The number of methoxy groups -OCH3 is 1. The summed E-state index contributed by atoms with van der Waals surface area (Å²) < 4.78 is 7.13. The first-order valence-corrected chi connectivity index (χ1v) is 12.0. The zero-order chi connectivity index (χ0) is 25.5. The minimum atomic E-state index is -1.32. The molecule has 3 aromatic carbocycles. The fourth-order valence-corrected chi connectivity index (χ4v) is 4.18. The molecule has 0 aliphatic heterocycles. The minimum absolute atomic E-state index is 0.0139. The largest absolute Gasteiger partial charge is 0.545 e. The Morgan fingerprint density at radius 3 is 2.56 bits per heavy atom. The minimum Gasteiger partial charge on any atom is -0.545 e. The highest BCUT2D eigenvalue weighted by atomic mass is 35.5. The number of hydrogen-bond acceptors (Lipinski definition) is 7. The van der Waals surface area contributed by atoms with Gasteiger partial charge in [-0.1, -0.05) is 35.9 Å². The van der Waals surface area contributed by atoms with Crippen molar-refractivity contribution in [2.24, 2.45) is 5.10 Å². The molecule has 0 saturated heterocycles. The Morgan fingerprint density at radius 2 is 1.86 bits per heavy atom. The number of thioether (sulfide) groups is 1. The van der Waals surface area contributed by atoms with Crippen LogP contribution in [-0.4, -0.2) is 41.2 Å². The van der Waals surface area contributed by atoms with E-state index in [-0.39, 0.29) is 17.2 Å². The van der Waals surface area contributed by atoms with E-state index in [1.165, 1.54) is 24.0 Å². The summed E-state index contributed by atoms with van der Waals surface area (Å²) in [6, 6.07) is 21.0. The first-order valence-electron chi connectivity index (χ1n) is 10.6. The number of benzene rings is 3. The number of nitrogens with one attached hydrogen (secondary N) is 2. The van der Waals surface area contributed by atoms with E-state index in [4.69, 9.17) is 16.3 Å². The van der Waals surface area contributed by atoms with Gasteiger partial charge in [0.15, 0.2) is 0 Å². The van der Waals surface area contributed by atoms with Gasteiger partial charge in [-0.2, -0.15) is 9.67 Å². The van der Waals surface area contributed by atoms with E-state index in [0.29, 0.717) is 21.6 Å². The third-order valence-electron chi connectivity index (χ3n) is 5.03. The third-order valence-corrected chi connectivity index (χ3v) is 6.22. The number of aromatic carboxylic acids is 1. The van der Waals surface area contributed by atoms with Crippen LogP contribution in [-0.2, 0) is 4.79 Å². The van der Waals surface area contributed by atoms with Crippen LogP contribution in [0.3, 0.4) is 0 Å². The summed E-state index contributed by atoms with van der Waals surface area (Å²) in [6.07, 6.45) is 1.26. The smallest absolute Gasteiger partial charge is 0.342 e. The van der Waals surface area contributed by atoms with Crippen LogP contribution < -0.4 is 19.8 Å². The quantitative estimate of drug-likeness (QED) is 0.151. The summed E-state index contributed by atoms with van der Waals surface area (Å²) in [5.41, 5.74) is 4.38. The number of carboxylic acids is 1. The van der Waals surface area contributed by atoms with E-state index in [0.717, 1.165) is 17.0 Å². The third kappa shape index (κ3) is 5.91. The van der Waals surface area contributed by atoms with E-state index in [1.54, 1.807) is 37.4 Å². The fraction of sp³-hybridized carbons (Fsp3) is 0.0800. The molecule has 1 aromatic heterocycles. The van der Waals surface area contributed by atoms with Crippen molar-refractivity contribution in [2.45, 2.75) is 5.16 Å². The number of nitrogens with zero attached hydrogens (tertiary/aromatic N) is 3. The topological polar surface area (TPSA) is 123 Å². The van der Waals surface area contributed by atoms with Crippen molar-refractivity contribution < 1.29 is 24.0 Å². The molecule has 11 heteroatoms. The Labute approximate surface area is 215 Å². The second-order valence-corrected chi connectivity index (χ2v) is 8.73. The molecule has 0 aliphatic rings. The lowest BCUT2D eigenvalue weighted by molar-refractivity contribution is -0.625. The van der Waals surface area contributed by atoms with E-state index in [2.05, 4.69) is 20.7 Å². The van der Waals surface area contributed by atoms with E-state index >= 15 is 0 Å². The van der Waals surface area contributed by atoms with Gasteiger partial charge in [0.05, 0.1) is 35.7 Å². The lowest BCUT2D eigenvalue weighted by Crippen LogP contribution is -2.34. The first kappa shape index (κ1) is 25.0. The van der Waals surface area contributed by atoms with E-state index in [1.807, 2.05) is 41.0 Å². The highest BCUT2D eigenvalue weighted by Crippen LogP contribution is 2.23. The Bertz CT molecular complexity index is 1400. The number of carbonyl (C=O) groups is 2. The molecule has 4 aromatic rings. The molecule has 1 amide bonds. The SMILES string of the molecule is COc1ccc(-c2[nH]nc(SCC(=O)NN=Cc3ccccc3C(=O)[O-])[n+]2-c2ccc(Cl)cc2)cc1. The monoisotopic (exact) mass is 521 g/mol. The first-order chi connectivity index (χ1) is 17.5. The highest BCUT2D eigenvalue weighted by Gasteiger charge is 2.24. The normalized spacial score (nSPS) is 10.9. The maximum Gasteiger partial charge on any atom is 0.342 e. The molecule has 4 rings (SSSR count). The maximum absolute atomic E-state index is 12.4. The maximum atomic E-state index is 12.4. The summed E-state index contributed by atoms with van der Waals surface area (Å²) in [7, 11) is 1.60. The number of aromatic nitrogens is 3. The zero-order valence-electron chi connectivity index (χ0n) is 19.0. The summed E-state index contributed by atoms with van der Waals surface area (Å²) in [5, 5.41) is 23.7. The molecule has 182 valence electrons. The van der Waals surface area contributed by atoms with Crippen LogP contribution in [0.4, 0.5) is 0 Å². The predicted octanol–water partition coefficient (Wildman–Crippen LogP) is 2.62. The fourth-order valence-electron chi connectivity index (χ4n) is 3.30. The van der Waals surface area contributed by atoms with Crippen molar-refractivity contribution in [3.8, 4) is 22.8 Å². The van der Waals surface area contributed by atoms with Crippen molar-refractivity contribution >= 4 is 41.5 Å². The van der Waals surface area contributed by atoms with Crippen molar-refractivity contribution in [1.82, 2.24) is 15.6 Å². The molecule has 0 fully saturated rings. The number of ether oxygens (including phenoxy) is 1. The molecule has 0 radical (unpaired) electrons. The Hall–Kier alpha value is -4.15. The number of halogens is 1. The van der Waals surface area contributed by atoms with Gasteiger partial charge in [-0.25, -0.2) is 5.43 Å². The highest BCUT2D eigenvalue weighted by molar-refractivity contribution is 7.99. The number of amides is 1. The predicted molar refractivity (Wildman–Crippen MR) is 134 cm³/mol. The average molecular weight is 522 g/mol. The molecule has 1 heterocycles. The molecule has 2 N–H and O–H groups in total. The van der Waals surface area contributed by atoms with Gasteiger partial charge in [-0.3, -0.25) is 4.79 Å². The van der Waals surface area contributed by atoms with Gasteiger partial charge in [0.2, 0.25) is 0 Å². The lowest BCUT2D eigenvalue weighted by Gasteiger charge is -2.06. The molecule has 0 saturated carbocycles. The lowest BCUT2D eigenvalue weighted by atomic mass is 10.1. The van der Waals surface area contributed by atoms with Crippen LogP contribution in [0.2, 0.25) is 5.02 Å². The van der Waals surface area contributed by atoms with Crippen LogP contribution in [0.1, 0.15) is 15.9 Å². The molecule has 0 unspecified atom stereocenters. The number of hydrogen-bond donors (Lipinski definition) is 2. The number of carbonyl (C=O) groups excluding carboxylic acids is 2. The molecular formula is C25H20ClN5O4S. The van der Waals surface area contributed by atoms with E-state index in [9.17, 15) is 14.7 Å². The number of aromatic amines is 1. The van der Waals surface area contributed by atoms with Crippen molar-refractivity contribution in [3.05, 3.63) is 88.9 Å². The number of hydrazone groups is 1. The zero-order valence-corrected chi connectivity index (χ0v) is 20.5. The van der Waals surface area contributed by atoms with Crippen LogP contribution >= 0.6 is 23.4 Å². The van der Waals surface area contributed by atoms with Gasteiger partial charge in [0, 0.05) is 16.1 Å². The second kappa shape index (κ2) is 11.5. The summed E-state index contributed by atoms with van der Waals surface area (Å²) in [6.45, 7) is 0. The average Bonchev–Trinajstić information content (AvgIpc) is 3.32. The van der Waals surface area contributed by atoms with Gasteiger partial charge >= 0.3 is 5.16 Å². The molecule has 0 bridgehead atoms. The van der Waals surface area contributed by atoms with Crippen molar-refractivity contribution in [1.29, 1.82) is 0 Å². The van der Waals surface area contributed by atoms with Crippen LogP contribution in [0.5, 0.6) is 5.75 Å². The Morgan fingerprint density at radius 1 is 1.14 bits per heavy atom. The van der Waals surface area contributed by atoms with Crippen molar-refractivity contribution in [2.75, 3.05) is 12.9 Å². The number of H-pyrrole nitrogens is 1. The van der Waals surface area contributed by atoms with Crippen LogP contribution in [0.15, 0.2) is 83.1 Å². The summed E-state index contributed by atoms with van der Waals surface area (Å²) in [4.78, 5) is 23.6. The summed E-state index contributed by atoms with van der Waals surface area (Å²) >= 11 is 7.28. The van der Waals surface area contributed by atoms with Crippen LogP contribution in [0, 0.1) is 0 Å². The standard InChI is InChI=1S/C25H20ClN5O4S/c1-35-20-12-6-16(7-13-20)23-29-30-25(31(23)19-10-8-18(26)9-11-19)36-15-22(32)28-27-14-17-4-2-3-5-21(17)24(33)34/h2-14H,15H2,1H3,(H2,28,32,33,34).